The molecule has 4 nitrogen and oxygen atoms in total. The number of nitrogens with one attached hydrogen (secondary N) is 1. The van der Waals surface area contributed by atoms with E-state index < -0.39 is 11.8 Å². The molecule has 19 heavy (non-hydrogen) atoms. The normalized spacial score (nSPS) is 10.2. The minimum absolute atomic E-state index is 0.0297. The van der Waals surface area contributed by atoms with Crippen LogP contribution in [0.15, 0.2) is 36.4 Å². The molecule has 0 aromatic heterocycles. The number of halogens is 2. The lowest BCUT2D eigenvalue weighted by Crippen LogP contribution is -2.05. The van der Waals surface area contributed by atoms with Gasteiger partial charge in [-0.05, 0) is 24.3 Å². The van der Waals surface area contributed by atoms with Gasteiger partial charge in [-0.3, -0.25) is 0 Å². The molecule has 0 heterocycles. The number of nitrogens with two attached hydrogens (primary N) is 1. The Balaban J connectivity index is 2.42. The molecule has 6 heteroatoms. The van der Waals surface area contributed by atoms with Gasteiger partial charge in [0.1, 0.15) is 0 Å². The smallest absolute Gasteiger partial charge is 0.337 e. The Morgan fingerprint density at radius 1 is 1.21 bits per heavy atom. The van der Waals surface area contributed by atoms with Crippen LogP contribution in [0.5, 0.6) is 0 Å². The first-order chi connectivity index (χ1) is 9.00. The standard InChI is InChI=1S/C13H10ClFN2O2/c14-8-4-2-5-9(11(8)15)17-10-6-1-3-7(12(10)16)13(18)19/h1-6,17H,16H2,(H,18,19). The van der Waals surface area contributed by atoms with E-state index in [1.807, 2.05) is 0 Å². The fourth-order valence-corrected chi connectivity index (χ4v) is 1.78. The van der Waals surface area contributed by atoms with Crippen LogP contribution in [-0.2, 0) is 0 Å². The van der Waals surface area contributed by atoms with Crippen molar-refractivity contribution in [3.63, 3.8) is 0 Å². The zero-order valence-corrected chi connectivity index (χ0v) is 10.4. The molecule has 2 aromatic carbocycles. The number of rotatable bonds is 3. The molecule has 2 aromatic rings. The number of hydrogen-bond donors (Lipinski definition) is 3. The predicted molar refractivity (Wildman–Crippen MR) is 72.5 cm³/mol. The van der Waals surface area contributed by atoms with Crippen molar-refractivity contribution in [1.29, 1.82) is 0 Å². The van der Waals surface area contributed by atoms with Crippen molar-refractivity contribution in [2.45, 2.75) is 0 Å². The van der Waals surface area contributed by atoms with Crippen LogP contribution in [-0.4, -0.2) is 11.1 Å². The lowest BCUT2D eigenvalue weighted by molar-refractivity contribution is 0.0698. The van der Waals surface area contributed by atoms with Crippen LogP contribution in [0, 0.1) is 5.82 Å². The number of carboxylic acids is 1. The van der Waals surface area contributed by atoms with E-state index in [-0.39, 0.29) is 22.0 Å². The molecular formula is C13H10ClFN2O2. The van der Waals surface area contributed by atoms with Gasteiger partial charge >= 0.3 is 5.97 Å². The van der Waals surface area contributed by atoms with Gasteiger partial charge in [-0.15, -0.1) is 0 Å². The molecule has 0 aliphatic heterocycles. The fraction of sp³-hybridized carbons (Fsp3) is 0. The third kappa shape index (κ3) is 2.61. The molecular weight excluding hydrogens is 271 g/mol. The summed E-state index contributed by atoms with van der Waals surface area (Å²) in [7, 11) is 0. The third-order valence-electron chi connectivity index (χ3n) is 2.56. The van der Waals surface area contributed by atoms with E-state index in [1.165, 1.54) is 24.3 Å². The molecule has 98 valence electrons. The van der Waals surface area contributed by atoms with Crippen LogP contribution in [0.4, 0.5) is 21.5 Å². The third-order valence-corrected chi connectivity index (χ3v) is 2.85. The molecule has 2 rings (SSSR count). The molecule has 0 spiro atoms. The maximum Gasteiger partial charge on any atom is 0.337 e. The van der Waals surface area contributed by atoms with Crippen molar-refractivity contribution in [2.75, 3.05) is 11.1 Å². The zero-order chi connectivity index (χ0) is 14.0. The summed E-state index contributed by atoms with van der Waals surface area (Å²) in [5, 5.41) is 11.7. The fourth-order valence-electron chi connectivity index (χ4n) is 1.61. The Hall–Kier alpha value is -2.27. The molecule has 0 amide bonds. The highest BCUT2D eigenvalue weighted by atomic mass is 35.5. The predicted octanol–water partition coefficient (Wildman–Crippen LogP) is 3.50. The molecule has 0 atom stereocenters. The first-order valence-corrected chi connectivity index (χ1v) is 5.71. The SMILES string of the molecule is Nc1c(Nc2cccc(Cl)c2F)cccc1C(=O)O. The molecule has 0 aliphatic carbocycles. The zero-order valence-electron chi connectivity index (χ0n) is 9.65. The van der Waals surface area contributed by atoms with Gasteiger partial charge in [0, 0.05) is 0 Å². The van der Waals surface area contributed by atoms with Gasteiger partial charge in [0.25, 0.3) is 0 Å². The maximum absolute atomic E-state index is 13.7. The highest BCUT2D eigenvalue weighted by Gasteiger charge is 2.13. The van der Waals surface area contributed by atoms with Crippen LogP contribution in [0.2, 0.25) is 5.02 Å². The quantitative estimate of drug-likeness (QED) is 0.752. The summed E-state index contributed by atoms with van der Waals surface area (Å²) in [5.74, 6) is -1.77. The average Bonchev–Trinajstić information content (AvgIpc) is 2.37. The maximum atomic E-state index is 13.7. The van der Waals surface area contributed by atoms with Gasteiger partial charge in [0.05, 0.1) is 27.6 Å². The second-order valence-corrected chi connectivity index (χ2v) is 4.21. The van der Waals surface area contributed by atoms with Crippen LogP contribution in [0.25, 0.3) is 0 Å². The molecule has 4 N–H and O–H groups in total. The van der Waals surface area contributed by atoms with Gasteiger partial charge < -0.3 is 16.2 Å². The monoisotopic (exact) mass is 280 g/mol. The Labute approximate surface area is 113 Å². The Kier molecular flexibility index (Phi) is 3.57. The highest BCUT2D eigenvalue weighted by molar-refractivity contribution is 6.31. The lowest BCUT2D eigenvalue weighted by atomic mass is 10.1. The van der Waals surface area contributed by atoms with E-state index >= 15 is 0 Å². The van der Waals surface area contributed by atoms with Crippen molar-refractivity contribution in [3.8, 4) is 0 Å². The van der Waals surface area contributed by atoms with Gasteiger partial charge in [0.15, 0.2) is 5.82 Å². The van der Waals surface area contributed by atoms with E-state index in [4.69, 9.17) is 22.4 Å². The van der Waals surface area contributed by atoms with Gasteiger partial charge in [-0.2, -0.15) is 0 Å². The van der Waals surface area contributed by atoms with Gasteiger partial charge in [0.2, 0.25) is 0 Å². The number of carbonyl (C=O) groups is 1. The second-order valence-electron chi connectivity index (χ2n) is 3.80. The Bertz CT molecular complexity index is 647. The van der Waals surface area contributed by atoms with Crippen molar-refractivity contribution >= 4 is 34.6 Å². The number of para-hydroxylation sites is 1. The number of nitrogen functional groups attached to an aromatic ring is 1. The number of anilines is 3. The van der Waals surface area contributed by atoms with Gasteiger partial charge in [-0.25, -0.2) is 9.18 Å². The molecule has 0 fully saturated rings. The molecule has 0 saturated carbocycles. The van der Waals surface area contributed by atoms with E-state index in [1.54, 1.807) is 12.1 Å². The van der Waals surface area contributed by atoms with Crippen molar-refractivity contribution in [3.05, 3.63) is 52.8 Å². The number of benzene rings is 2. The van der Waals surface area contributed by atoms with Crippen molar-refractivity contribution in [1.82, 2.24) is 0 Å². The molecule has 0 saturated heterocycles. The number of carboxylic acid groups (broad SMARTS) is 1. The summed E-state index contributed by atoms with van der Waals surface area (Å²) >= 11 is 5.66. The highest BCUT2D eigenvalue weighted by Crippen LogP contribution is 2.29. The van der Waals surface area contributed by atoms with E-state index in [2.05, 4.69) is 5.32 Å². The Morgan fingerprint density at radius 2 is 1.84 bits per heavy atom. The topological polar surface area (TPSA) is 75.3 Å². The number of aromatic carboxylic acids is 1. The minimum Gasteiger partial charge on any atom is -0.478 e. The van der Waals surface area contributed by atoms with Crippen molar-refractivity contribution in [2.24, 2.45) is 0 Å². The van der Waals surface area contributed by atoms with Crippen LogP contribution in [0.1, 0.15) is 10.4 Å². The summed E-state index contributed by atoms with van der Waals surface area (Å²) in [4.78, 5) is 10.9. The second kappa shape index (κ2) is 5.16. The number of hydrogen-bond acceptors (Lipinski definition) is 3. The van der Waals surface area contributed by atoms with E-state index in [0.717, 1.165) is 0 Å². The summed E-state index contributed by atoms with van der Waals surface area (Å²) < 4.78 is 13.7. The first-order valence-electron chi connectivity index (χ1n) is 5.33. The average molecular weight is 281 g/mol. The van der Waals surface area contributed by atoms with Crippen LogP contribution >= 0.6 is 11.6 Å². The molecule has 0 unspecified atom stereocenters. The van der Waals surface area contributed by atoms with E-state index in [0.29, 0.717) is 5.69 Å². The summed E-state index contributed by atoms with van der Waals surface area (Å²) in [6, 6.07) is 8.92. The molecule has 0 bridgehead atoms. The minimum atomic E-state index is -1.15. The summed E-state index contributed by atoms with van der Waals surface area (Å²) in [6.45, 7) is 0. The molecule has 0 aliphatic rings. The van der Waals surface area contributed by atoms with E-state index in [9.17, 15) is 9.18 Å². The molecule has 0 radical (unpaired) electrons. The first kappa shape index (κ1) is 13.2. The Morgan fingerprint density at radius 3 is 2.53 bits per heavy atom. The largest absolute Gasteiger partial charge is 0.478 e. The van der Waals surface area contributed by atoms with Gasteiger partial charge in [-0.1, -0.05) is 23.7 Å². The van der Waals surface area contributed by atoms with Crippen LogP contribution in [0.3, 0.4) is 0 Å². The van der Waals surface area contributed by atoms with Crippen molar-refractivity contribution < 1.29 is 14.3 Å². The van der Waals surface area contributed by atoms with Crippen LogP contribution < -0.4 is 11.1 Å². The lowest BCUT2D eigenvalue weighted by Gasteiger charge is -2.12. The summed E-state index contributed by atoms with van der Waals surface area (Å²) in [6.07, 6.45) is 0. The summed E-state index contributed by atoms with van der Waals surface area (Å²) in [5.41, 5.74) is 6.14.